The fraction of sp³-hybridized carbons (Fsp3) is 0.273. The molecular formula is C11H11Cl2N3O3. The number of benzene rings is 1. The first kappa shape index (κ1) is 13.8. The van der Waals surface area contributed by atoms with Crippen LogP contribution in [0, 0.1) is 0 Å². The second kappa shape index (κ2) is 5.54. The average Bonchev–Trinajstić information content (AvgIpc) is 2.69. The third kappa shape index (κ3) is 3.21. The van der Waals surface area contributed by atoms with Crippen LogP contribution in [0.3, 0.4) is 0 Å². The van der Waals surface area contributed by atoms with E-state index in [0.717, 1.165) is 0 Å². The van der Waals surface area contributed by atoms with Crippen molar-refractivity contribution in [1.29, 1.82) is 0 Å². The van der Waals surface area contributed by atoms with Crippen molar-refractivity contribution in [3.05, 3.63) is 22.2 Å². The fourth-order valence-corrected chi connectivity index (χ4v) is 2.23. The summed E-state index contributed by atoms with van der Waals surface area (Å²) in [5.41, 5.74) is 6.23. The second-order valence-electron chi connectivity index (χ2n) is 3.94. The van der Waals surface area contributed by atoms with Crippen molar-refractivity contribution in [3.63, 3.8) is 0 Å². The molecule has 0 bridgehead atoms. The predicted molar refractivity (Wildman–Crippen MR) is 72.4 cm³/mol. The molecule has 1 aliphatic rings. The van der Waals surface area contributed by atoms with Crippen molar-refractivity contribution >= 4 is 46.6 Å². The summed E-state index contributed by atoms with van der Waals surface area (Å²) in [5, 5.41) is 3.02. The maximum absolute atomic E-state index is 11.8. The van der Waals surface area contributed by atoms with Gasteiger partial charge in [0.05, 0.1) is 22.3 Å². The summed E-state index contributed by atoms with van der Waals surface area (Å²) < 4.78 is 4.72. The summed E-state index contributed by atoms with van der Waals surface area (Å²) >= 11 is 11.9. The van der Waals surface area contributed by atoms with Gasteiger partial charge in [0.25, 0.3) is 0 Å². The Morgan fingerprint density at radius 1 is 1.42 bits per heavy atom. The minimum atomic E-state index is -0.510. The molecule has 0 spiro atoms. The van der Waals surface area contributed by atoms with Crippen LogP contribution in [-0.4, -0.2) is 36.6 Å². The van der Waals surface area contributed by atoms with E-state index >= 15 is 0 Å². The van der Waals surface area contributed by atoms with E-state index in [0.29, 0.717) is 12.2 Å². The molecule has 0 aromatic heterocycles. The van der Waals surface area contributed by atoms with Gasteiger partial charge in [-0.3, -0.25) is 9.69 Å². The molecule has 0 radical (unpaired) electrons. The van der Waals surface area contributed by atoms with E-state index in [1.165, 1.54) is 17.0 Å². The Labute approximate surface area is 119 Å². The molecule has 0 unspecified atom stereocenters. The Hall–Kier alpha value is -1.66. The van der Waals surface area contributed by atoms with Gasteiger partial charge in [-0.1, -0.05) is 23.2 Å². The normalized spacial score (nSPS) is 14.4. The number of nitrogen functional groups attached to an aromatic ring is 1. The van der Waals surface area contributed by atoms with Crippen LogP contribution in [0.2, 0.25) is 10.0 Å². The largest absolute Gasteiger partial charge is 0.448 e. The second-order valence-corrected chi connectivity index (χ2v) is 4.76. The molecule has 1 aliphatic heterocycles. The number of ether oxygens (including phenoxy) is 1. The molecule has 1 aromatic rings. The zero-order valence-electron chi connectivity index (χ0n) is 9.78. The van der Waals surface area contributed by atoms with E-state index in [9.17, 15) is 9.59 Å². The summed E-state index contributed by atoms with van der Waals surface area (Å²) in [4.78, 5) is 24.3. The quantitative estimate of drug-likeness (QED) is 0.836. The smallest absolute Gasteiger partial charge is 0.410 e. The predicted octanol–water partition coefficient (Wildman–Crippen LogP) is 1.97. The first-order valence-electron chi connectivity index (χ1n) is 5.43. The monoisotopic (exact) mass is 303 g/mol. The van der Waals surface area contributed by atoms with Gasteiger partial charge in [0.1, 0.15) is 13.2 Å². The number of amides is 2. The highest BCUT2D eigenvalue weighted by atomic mass is 35.5. The lowest BCUT2D eigenvalue weighted by atomic mass is 10.2. The highest BCUT2D eigenvalue weighted by molar-refractivity contribution is 6.40. The Morgan fingerprint density at radius 3 is 2.58 bits per heavy atom. The van der Waals surface area contributed by atoms with E-state index < -0.39 is 12.0 Å². The van der Waals surface area contributed by atoms with E-state index in [2.05, 4.69) is 5.32 Å². The molecule has 0 saturated carbocycles. The maximum Gasteiger partial charge on any atom is 0.410 e. The number of nitrogens with one attached hydrogen (secondary N) is 1. The van der Waals surface area contributed by atoms with E-state index in [1.807, 2.05) is 0 Å². The van der Waals surface area contributed by atoms with E-state index in [1.54, 1.807) is 0 Å². The molecule has 0 atom stereocenters. The van der Waals surface area contributed by atoms with Gasteiger partial charge < -0.3 is 15.8 Å². The molecule has 6 nitrogen and oxygen atoms in total. The van der Waals surface area contributed by atoms with Crippen LogP contribution in [0.1, 0.15) is 0 Å². The molecule has 3 N–H and O–H groups in total. The first-order chi connectivity index (χ1) is 8.97. The van der Waals surface area contributed by atoms with Gasteiger partial charge in [0, 0.05) is 5.69 Å². The van der Waals surface area contributed by atoms with Crippen LogP contribution in [0.4, 0.5) is 16.2 Å². The third-order valence-electron chi connectivity index (χ3n) is 2.51. The molecule has 8 heteroatoms. The van der Waals surface area contributed by atoms with Crippen molar-refractivity contribution in [2.75, 3.05) is 30.7 Å². The lowest BCUT2D eigenvalue weighted by Crippen LogP contribution is -2.33. The van der Waals surface area contributed by atoms with E-state index in [-0.39, 0.29) is 28.9 Å². The lowest BCUT2D eigenvalue weighted by molar-refractivity contribution is -0.116. The van der Waals surface area contributed by atoms with Gasteiger partial charge in [-0.2, -0.15) is 0 Å². The molecule has 2 rings (SSSR count). The number of anilines is 2. The van der Waals surface area contributed by atoms with Crippen molar-refractivity contribution in [2.24, 2.45) is 0 Å². The van der Waals surface area contributed by atoms with Crippen molar-refractivity contribution in [1.82, 2.24) is 4.90 Å². The number of halogens is 2. The van der Waals surface area contributed by atoms with Crippen molar-refractivity contribution < 1.29 is 14.3 Å². The van der Waals surface area contributed by atoms with Crippen LogP contribution >= 0.6 is 23.2 Å². The van der Waals surface area contributed by atoms with Crippen LogP contribution in [0.25, 0.3) is 0 Å². The van der Waals surface area contributed by atoms with Crippen LogP contribution < -0.4 is 11.1 Å². The Balaban J connectivity index is 2.05. The molecule has 102 valence electrons. The zero-order chi connectivity index (χ0) is 14.0. The number of nitrogens with zero attached hydrogens (tertiary/aromatic N) is 1. The summed E-state index contributed by atoms with van der Waals surface area (Å²) in [5.74, 6) is -0.410. The molecule has 19 heavy (non-hydrogen) atoms. The molecule has 1 fully saturated rings. The Bertz CT molecular complexity index is 513. The maximum atomic E-state index is 11.8. The van der Waals surface area contributed by atoms with Crippen LogP contribution in [0.5, 0.6) is 0 Å². The topological polar surface area (TPSA) is 84.7 Å². The highest BCUT2D eigenvalue weighted by Crippen LogP contribution is 2.32. The highest BCUT2D eigenvalue weighted by Gasteiger charge is 2.24. The molecule has 2 amide bonds. The van der Waals surface area contributed by atoms with Gasteiger partial charge in [-0.15, -0.1) is 0 Å². The molecule has 1 heterocycles. The first-order valence-corrected chi connectivity index (χ1v) is 6.19. The summed E-state index contributed by atoms with van der Waals surface area (Å²) in [7, 11) is 0. The lowest BCUT2D eigenvalue weighted by Gasteiger charge is -2.14. The van der Waals surface area contributed by atoms with Gasteiger partial charge in [-0.05, 0) is 12.1 Å². The zero-order valence-corrected chi connectivity index (χ0v) is 11.3. The number of carbonyl (C=O) groups excluding carboxylic acids is 2. The van der Waals surface area contributed by atoms with E-state index in [4.69, 9.17) is 33.7 Å². The Morgan fingerprint density at radius 2 is 2.05 bits per heavy atom. The molecule has 0 aliphatic carbocycles. The number of hydrogen-bond acceptors (Lipinski definition) is 4. The Kier molecular flexibility index (Phi) is 4.01. The van der Waals surface area contributed by atoms with Crippen LogP contribution in [0.15, 0.2) is 12.1 Å². The number of hydrogen-bond donors (Lipinski definition) is 2. The minimum Gasteiger partial charge on any atom is -0.448 e. The van der Waals surface area contributed by atoms with Crippen molar-refractivity contribution in [2.45, 2.75) is 0 Å². The standard InChI is InChI=1S/C11H11Cl2N3O3/c12-7-3-6(14)4-8(13)10(7)15-9(17)5-16-1-2-19-11(16)18/h3-4H,1-2,5,14H2,(H,15,17). The van der Waals surface area contributed by atoms with Gasteiger partial charge in [0.15, 0.2) is 0 Å². The minimum absolute atomic E-state index is 0.115. The SMILES string of the molecule is Nc1cc(Cl)c(NC(=O)CN2CCOC2=O)c(Cl)c1. The van der Waals surface area contributed by atoms with Gasteiger partial charge in [-0.25, -0.2) is 4.79 Å². The fourth-order valence-electron chi connectivity index (χ4n) is 1.63. The summed E-state index contributed by atoms with van der Waals surface area (Å²) in [6.45, 7) is 0.556. The number of nitrogens with two attached hydrogens (primary N) is 1. The van der Waals surface area contributed by atoms with Crippen molar-refractivity contribution in [3.8, 4) is 0 Å². The summed E-state index contributed by atoms with van der Waals surface area (Å²) in [6.07, 6.45) is -0.510. The number of rotatable bonds is 3. The van der Waals surface area contributed by atoms with Gasteiger partial charge in [0.2, 0.25) is 5.91 Å². The van der Waals surface area contributed by atoms with Gasteiger partial charge >= 0.3 is 6.09 Å². The third-order valence-corrected chi connectivity index (χ3v) is 3.10. The summed E-state index contributed by atoms with van der Waals surface area (Å²) in [6, 6.07) is 2.96. The number of cyclic esters (lactones) is 1. The van der Waals surface area contributed by atoms with Crippen LogP contribution in [-0.2, 0) is 9.53 Å². The average molecular weight is 304 g/mol. The number of carbonyl (C=O) groups is 2. The molecule has 1 aromatic carbocycles. The molecule has 1 saturated heterocycles. The molecular weight excluding hydrogens is 293 g/mol.